The first-order valence-electron chi connectivity index (χ1n) is 9.70. The molecule has 3 rings (SSSR count). The second kappa shape index (κ2) is 7.63. The van der Waals surface area contributed by atoms with Crippen molar-refractivity contribution in [2.24, 2.45) is 0 Å². The number of nitrogens with one attached hydrogen (secondary N) is 1. The molecule has 2 aliphatic heterocycles. The van der Waals surface area contributed by atoms with Gasteiger partial charge < -0.3 is 19.5 Å². The normalized spacial score (nSPS) is 21.7. The summed E-state index contributed by atoms with van der Waals surface area (Å²) in [5.74, 6) is 0. The zero-order valence-electron chi connectivity index (χ0n) is 17.4. The van der Waals surface area contributed by atoms with E-state index >= 15 is 0 Å². The van der Waals surface area contributed by atoms with Gasteiger partial charge in [-0.3, -0.25) is 0 Å². The predicted molar refractivity (Wildman–Crippen MR) is 109 cm³/mol. The van der Waals surface area contributed by atoms with E-state index in [1.165, 1.54) is 4.90 Å². The maximum atomic E-state index is 12.6. The van der Waals surface area contributed by atoms with E-state index in [1.54, 1.807) is 6.07 Å². The van der Waals surface area contributed by atoms with Gasteiger partial charge in [-0.1, -0.05) is 11.6 Å². The van der Waals surface area contributed by atoms with Crippen LogP contribution in [0.25, 0.3) is 0 Å². The lowest BCUT2D eigenvalue weighted by atomic mass is 9.76. The molecule has 0 aliphatic carbocycles. The molecule has 0 bridgehead atoms. The lowest BCUT2D eigenvalue weighted by molar-refractivity contribution is -0.110. The molecule has 1 aromatic carbocycles. The van der Waals surface area contributed by atoms with Crippen molar-refractivity contribution >= 4 is 33.1 Å². The fourth-order valence-corrected chi connectivity index (χ4v) is 5.91. The average Bonchev–Trinajstić information content (AvgIpc) is 3.09. The molecule has 1 aromatic rings. The molecule has 0 atom stereocenters. The number of hydrogen-bond donors (Lipinski definition) is 1. The molecular formula is C19H27BF3N2O3Si. The van der Waals surface area contributed by atoms with E-state index in [0.717, 1.165) is 11.0 Å². The highest BCUT2D eigenvalue weighted by atomic mass is 28.3. The average molecular weight is 427 g/mol. The molecular weight excluding hydrogens is 400 g/mol. The number of hydrogen-bond acceptors (Lipinski definition) is 3. The molecule has 1 radical (unpaired) electrons. The predicted octanol–water partition coefficient (Wildman–Crippen LogP) is 3.74. The van der Waals surface area contributed by atoms with Crippen LogP contribution in [0.2, 0.25) is 12.1 Å². The van der Waals surface area contributed by atoms with Gasteiger partial charge in [0.25, 0.3) is 0 Å². The van der Waals surface area contributed by atoms with Gasteiger partial charge in [-0.2, -0.15) is 13.2 Å². The molecule has 2 amide bonds. The van der Waals surface area contributed by atoms with Gasteiger partial charge in [0.15, 0.2) is 0 Å². The highest BCUT2D eigenvalue weighted by Crippen LogP contribution is 2.37. The van der Waals surface area contributed by atoms with Crippen LogP contribution >= 0.6 is 0 Å². The third kappa shape index (κ3) is 4.98. The lowest BCUT2D eigenvalue weighted by Gasteiger charge is -2.32. The highest BCUT2D eigenvalue weighted by molar-refractivity contribution is 6.62. The van der Waals surface area contributed by atoms with Crippen molar-refractivity contribution in [1.29, 1.82) is 0 Å². The quantitative estimate of drug-likeness (QED) is 0.748. The van der Waals surface area contributed by atoms with E-state index in [-0.39, 0.29) is 12.2 Å². The summed E-state index contributed by atoms with van der Waals surface area (Å²) in [6.07, 6.45) is -3.94. The van der Waals surface area contributed by atoms with Crippen LogP contribution in [0.1, 0.15) is 33.3 Å². The van der Waals surface area contributed by atoms with Crippen molar-refractivity contribution in [3.05, 3.63) is 23.8 Å². The minimum absolute atomic E-state index is 0.214. The SMILES string of the molecule is Cc1ccc(NC(=O)N2CC[Si](CC(F)(F)F)C2)cc1B1OC(C)(C)C(C)(C)O1. The zero-order chi connectivity index (χ0) is 21.6. The minimum atomic E-state index is -4.16. The molecule has 5 nitrogen and oxygen atoms in total. The number of nitrogens with zero attached hydrogens (tertiary/aromatic N) is 1. The monoisotopic (exact) mass is 427 g/mol. The standard InChI is InChI=1S/C19H27BF3N2O3Si/c1-13-6-7-14(10-15(13)20-27-17(2,3)18(4,5)28-20)24-16(26)25-8-9-29(12-25)11-19(21,22)23/h6-7,10H,8-9,11-12H2,1-5H3,(H,24,26). The minimum Gasteiger partial charge on any atom is -0.399 e. The smallest absolute Gasteiger partial charge is 0.399 e. The van der Waals surface area contributed by atoms with Crippen LogP contribution in [-0.2, 0) is 9.31 Å². The third-order valence-electron chi connectivity index (χ3n) is 5.93. The highest BCUT2D eigenvalue weighted by Gasteiger charge is 2.52. The van der Waals surface area contributed by atoms with Crippen molar-refractivity contribution < 1.29 is 27.3 Å². The summed E-state index contributed by atoms with van der Waals surface area (Å²) >= 11 is 0. The number of urea groups is 1. The maximum absolute atomic E-state index is 12.6. The summed E-state index contributed by atoms with van der Waals surface area (Å²) in [6.45, 7) is 10.2. The van der Waals surface area contributed by atoms with Gasteiger partial charge in [0.1, 0.15) is 0 Å². The number of carbonyl (C=O) groups is 1. The molecule has 2 heterocycles. The first kappa shape index (κ1) is 22.2. The first-order valence-corrected chi connectivity index (χ1v) is 11.8. The molecule has 10 heteroatoms. The summed E-state index contributed by atoms with van der Waals surface area (Å²) in [4.78, 5) is 14.0. The van der Waals surface area contributed by atoms with Crippen molar-refractivity contribution in [2.45, 2.75) is 64.1 Å². The number of carbonyl (C=O) groups excluding carboxylic acids is 1. The Labute approximate surface area is 171 Å². The first-order chi connectivity index (χ1) is 13.3. The van der Waals surface area contributed by atoms with Crippen molar-refractivity contribution in [3.8, 4) is 0 Å². The van der Waals surface area contributed by atoms with Crippen LogP contribution in [0.5, 0.6) is 0 Å². The number of benzene rings is 1. The Kier molecular flexibility index (Phi) is 5.83. The summed E-state index contributed by atoms with van der Waals surface area (Å²) in [7, 11) is -2.16. The fourth-order valence-electron chi connectivity index (χ4n) is 3.47. The van der Waals surface area contributed by atoms with E-state index in [1.807, 2.05) is 46.8 Å². The topological polar surface area (TPSA) is 50.8 Å². The number of amides is 2. The van der Waals surface area contributed by atoms with E-state index in [4.69, 9.17) is 9.31 Å². The van der Waals surface area contributed by atoms with Crippen molar-refractivity contribution in [3.63, 3.8) is 0 Å². The number of anilines is 1. The Morgan fingerprint density at radius 3 is 2.45 bits per heavy atom. The summed E-state index contributed by atoms with van der Waals surface area (Å²) < 4.78 is 50.0. The number of rotatable bonds is 3. The van der Waals surface area contributed by atoms with Gasteiger partial charge in [-0.15, -0.1) is 0 Å². The summed E-state index contributed by atoms with van der Waals surface area (Å²) in [6, 6.07) is 4.81. The summed E-state index contributed by atoms with van der Waals surface area (Å²) in [5, 5.41) is 2.81. The third-order valence-corrected chi connectivity index (χ3v) is 8.59. The molecule has 29 heavy (non-hydrogen) atoms. The van der Waals surface area contributed by atoms with E-state index in [2.05, 4.69) is 5.32 Å². The summed E-state index contributed by atoms with van der Waals surface area (Å²) in [5.41, 5.74) is 1.41. The van der Waals surface area contributed by atoms with Gasteiger partial charge in [-0.05, 0) is 58.3 Å². The van der Waals surface area contributed by atoms with E-state index in [9.17, 15) is 18.0 Å². The molecule has 2 aliphatic rings. The molecule has 2 fully saturated rings. The van der Waals surface area contributed by atoms with E-state index < -0.39 is 39.3 Å². The fraction of sp³-hybridized carbons (Fsp3) is 0.632. The lowest BCUT2D eigenvalue weighted by Crippen LogP contribution is -2.41. The molecule has 0 saturated carbocycles. The zero-order valence-corrected chi connectivity index (χ0v) is 18.4. The van der Waals surface area contributed by atoms with Crippen molar-refractivity contribution in [2.75, 3.05) is 18.0 Å². The van der Waals surface area contributed by atoms with E-state index in [0.29, 0.717) is 18.3 Å². The Morgan fingerprint density at radius 2 is 1.86 bits per heavy atom. The molecule has 1 N–H and O–H groups in total. The van der Waals surface area contributed by atoms with Crippen molar-refractivity contribution in [1.82, 2.24) is 4.90 Å². The molecule has 0 spiro atoms. The van der Waals surface area contributed by atoms with Crippen LogP contribution in [0.4, 0.5) is 23.7 Å². The number of aryl methyl sites for hydroxylation is 1. The van der Waals surface area contributed by atoms with Gasteiger partial charge in [0, 0.05) is 24.4 Å². The molecule has 0 aromatic heterocycles. The molecule has 159 valence electrons. The second-order valence-corrected chi connectivity index (χ2v) is 11.5. The molecule has 2 saturated heterocycles. The molecule has 0 unspecified atom stereocenters. The number of halogens is 3. The van der Waals surface area contributed by atoms with Crippen LogP contribution < -0.4 is 10.8 Å². The van der Waals surface area contributed by atoms with Gasteiger partial charge in [0.05, 0.1) is 20.0 Å². The van der Waals surface area contributed by atoms with Crippen LogP contribution in [0.3, 0.4) is 0 Å². The Hall–Kier alpha value is -1.52. The van der Waals surface area contributed by atoms with Crippen LogP contribution in [0, 0.1) is 6.92 Å². The largest absolute Gasteiger partial charge is 0.495 e. The number of alkyl halides is 3. The Balaban J connectivity index is 1.67. The van der Waals surface area contributed by atoms with Crippen LogP contribution in [0.15, 0.2) is 18.2 Å². The Morgan fingerprint density at radius 1 is 1.24 bits per heavy atom. The maximum Gasteiger partial charge on any atom is 0.495 e. The second-order valence-electron chi connectivity index (χ2n) is 8.80. The Bertz CT molecular complexity index is 772. The van der Waals surface area contributed by atoms with Gasteiger partial charge in [-0.25, -0.2) is 4.79 Å². The van der Waals surface area contributed by atoms with Gasteiger partial charge in [0.2, 0.25) is 0 Å². The van der Waals surface area contributed by atoms with Gasteiger partial charge >= 0.3 is 19.3 Å². The van der Waals surface area contributed by atoms with Crippen LogP contribution in [-0.4, -0.2) is 56.9 Å².